The van der Waals surface area contributed by atoms with Crippen LogP contribution < -0.4 is 5.73 Å². The van der Waals surface area contributed by atoms with Crippen LogP contribution in [0.1, 0.15) is 49.4 Å². The Bertz CT molecular complexity index is 381. The van der Waals surface area contributed by atoms with Crippen molar-refractivity contribution in [1.29, 1.82) is 0 Å². The van der Waals surface area contributed by atoms with E-state index >= 15 is 0 Å². The largest absolute Gasteiger partial charge is 0.457 e. The van der Waals surface area contributed by atoms with Crippen LogP contribution in [0.4, 0.5) is 0 Å². The number of unbranched alkanes of at least 4 members (excludes halogenated alkanes) is 3. The average molecular weight is 279 g/mol. The highest BCUT2D eigenvalue weighted by molar-refractivity contribution is 5.89. The van der Waals surface area contributed by atoms with Crippen LogP contribution in [0, 0.1) is 0 Å². The molecule has 1 aromatic rings. The van der Waals surface area contributed by atoms with E-state index in [-0.39, 0.29) is 12.6 Å². The number of hydrogen-bond donors (Lipinski definition) is 2. The lowest BCUT2D eigenvalue weighted by molar-refractivity contribution is 0.0150. The maximum Gasteiger partial charge on any atom is 0.338 e. The van der Waals surface area contributed by atoms with Crippen molar-refractivity contribution in [3.8, 4) is 0 Å². The van der Waals surface area contributed by atoms with Gasteiger partial charge in [-0.3, -0.25) is 0 Å². The maximum atomic E-state index is 12.0. The van der Waals surface area contributed by atoms with E-state index in [4.69, 9.17) is 10.5 Å². The van der Waals surface area contributed by atoms with E-state index in [1.807, 2.05) is 6.07 Å². The van der Waals surface area contributed by atoms with Gasteiger partial charge in [-0.1, -0.05) is 44.4 Å². The molecule has 0 aliphatic heterocycles. The van der Waals surface area contributed by atoms with E-state index in [0.29, 0.717) is 12.0 Å². The van der Waals surface area contributed by atoms with Crippen LogP contribution in [-0.4, -0.2) is 29.8 Å². The molecular formula is C16H25NO3. The molecule has 0 unspecified atom stereocenters. The number of aliphatic hydroxyl groups is 1. The van der Waals surface area contributed by atoms with Crippen LogP contribution in [-0.2, 0) is 4.74 Å². The van der Waals surface area contributed by atoms with Gasteiger partial charge in [-0.25, -0.2) is 4.79 Å². The van der Waals surface area contributed by atoms with E-state index < -0.39 is 12.1 Å². The second-order valence-electron chi connectivity index (χ2n) is 5.01. The molecule has 2 atom stereocenters. The molecule has 0 amide bonds. The van der Waals surface area contributed by atoms with E-state index in [9.17, 15) is 9.90 Å². The zero-order chi connectivity index (χ0) is 14.8. The Balaban J connectivity index is 2.53. The second-order valence-corrected chi connectivity index (χ2v) is 5.01. The number of carbonyl (C=O) groups excluding carboxylic acids is 1. The summed E-state index contributed by atoms with van der Waals surface area (Å²) in [5.41, 5.74) is 6.34. The van der Waals surface area contributed by atoms with Gasteiger partial charge < -0.3 is 15.6 Å². The Hall–Kier alpha value is -1.39. The summed E-state index contributed by atoms with van der Waals surface area (Å²) in [5, 5.41) is 9.18. The summed E-state index contributed by atoms with van der Waals surface area (Å²) in [6.45, 7) is 1.97. The van der Waals surface area contributed by atoms with Crippen molar-refractivity contribution in [2.75, 3.05) is 6.61 Å². The van der Waals surface area contributed by atoms with Gasteiger partial charge in [-0.05, 0) is 25.0 Å². The molecule has 0 radical (unpaired) electrons. The number of benzene rings is 1. The first-order chi connectivity index (χ1) is 9.69. The summed E-state index contributed by atoms with van der Waals surface area (Å²) in [4.78, 5) is 12.0. The van der Waals surface area contributed by atoms with Gasteiger partial charge in [0.25, 0.3) is 0 Å². The lowest BCUT2D eigenvalue weighted by Crippen LogP contribution is -2.41. The van der Waals surface area contributed by atoms with Gasteiger partial charge in [0.15, 0.2) is 0 Å². The molecule has 4 heteroatoms. The highest BCUT2D eigenvalue weighted by atomic mass is 16.5. The number of nitrogens with two attached hydrogens (primary N) is 1. The fraction of sp³-hybridized carbons (Fsp3) is 0.562. The highest BCUT2D eigenvalue weighted by Gasteiger charge is 2.21. The molecule has 0 aliphatic carbocycles. The molecular weight excluding hydrogens is 254 g/mol. The summed E-state index contributed by atoms with van der Waals surface area (Å²) >= 11 is 0. The number of esters is 1. The Kier molecular flexibility index (Phi) is 7.92. The zero-order valence-electron chi connectivity index (χ0n) is 12.1. The van der Waals surface area contributed by atoms with E-state index in [0.717, 1.165) is 25.7 Å². The first-order valence-corrected chi connectivity index (χ1v) is 7.31. The quantitative estimate of drug-likeness (QED) is 0.538. The molecule has 1 rings (SSSR count). The molecule has 0 saturated heterocycles. The van der Waals surface area contributed by atoms with Gasteiger partial charge in [0, 0.05) is 0 Å². The Morgan fingerprint density at radius 2 is 1.95 bits per heavy atom. The summed E-state index contributed by atoms with van der Waals surface area (Å²) in [6, 6.07) is 8.32. The summed E-state index contributed by atoms with van der Waals surface area (Å²) in [5.74, 6) is -0.380. The number of aliphatic hydroxyl groups excluding tert-OH is 1. The van der Waals surface area contributed by atoms with Crippen molar-refractivity contribution in [2.45, 2.75) is 51.2 Å². The molecule has 0 spiro atoms. The van der Waals surface area contributed by atoms with E-state index in [1.165, 1.54) is 0 Å². The average Bonchev–Trinajstić information content (AvgIpc) is 2.50. The van der Waals surface area contributed by atoms with Crippen molar-refractivity contribution in [3.63, 3.8) is 0 Å². The molecule has 0 fully saturated rings. The predicted octanol–water partition coefficient (Wildman–Crippen LogP) is 2.50. The molecule has 0 aromatic heterocycles. The van der Waals surface area contributed by atoms with Crippen LogP contribution in [0.25, 0.3) is 0 Å². The van der Waals surface area contributed by atoms with Crippen LogP contribution >= 0.6 is 0 Å². The molecule has 3 N–H and O–H groups in total. The van der Waals surface area contributed by atoms with Crippen LogP contribution in [0.15, 0.2) is 30.3 Å². The van der Waals surface area contributed by atoms with Crippen molar-refractivity contribution in [1.82, 2.24) is 0 Å². The third-order valence-corrected chi connectivity index (χ3v) is 3.30. The third-order valence-electron chi connectivity index (χ3n) is 3.30. The molecule has 0 saturated carbocycles. The van der Waals surface area contributed by atoms with Gasteiger partial charge >= 0.3 is 5.97 Å². The van der Waals surface area contributed by atoms with Crippen molar-refractivity contribution < 1.29 is 14.6 Å². The van der Waals surface area contributed by atoms with Gasteiger partial charge in [0.2, 0.25) is 0 Å². The van der Waals surface area contributed by atoms with Crippen molar-refractivity contribution in [3.05, 3.63) is 35.9 Å². The molecule has 4 nitrogen and oxygen atoms in total. The lowest BCUT2D eigenvalue weighted by atomic mass is 10.0. The topological polar surface area (TPSA) is 72.5 Å². The fourth-order valence-electron chi connectivity index (χ4n) is 2.03. The predicted molar refractivity (Wildman–Crippen MR) is 79.5 cm³/mol. The van der Waals surface area contributed by atoms with Crippen molar-refractivity contribution in [2.24, 2.45) is 5.73 Å². The van der Waals surface area contributed by atoms with E-state index in [2.05, 4.69) is 6.92 Å². The normalized spacial score (nSPS) is 13.8. The van der Waals surface area contributed by atoms with Crippen molar-refractivity contribution >= 4 is 5.97 Å². The first kappa shape index (κ1) is 16.7. The molecule has 20 heavy (non-hydrogen) atoms. The van der Waals surface area contributed by atoms with Crippen LogP contribution in [0.3, 0.4) is 0 Å². The standard InChI is InChI=1S/C16H25NO3/c1-2-3-4-8-11-15(14(17)12-18)20-16(19)13-9-6-5-7-10-13/h5-7,9-10,14-15,18H,2-4,8,11-12,17H2,1H3/t14-,15+/m0/s1. The smallest absolute Gasteiger partial charge is 0.338 e. The Morgan fingerprint density at radius 1 is 1.25 bits per heavy atom. The van der Waals surface area contributed by atoms with E-state index in [1.54, 1.807) is 24.3 Å². The lowest BCUT2D eigenvalue weighted by Gasteiger charge is -2.22. The first-order valence-electron chi connectivity index (χ1n) is 7.31. The van der Waals surface area contributed by atoms with Gasteiger partial charge in [0.1, 0.15) is 6.10 Å². The van der Waals surface area contributed by atoms with Crippen LogP contribution in [0.2, 0.25) is 0 Å². The highest BCUT2D eigenvalue weighted by Crippen LogP contribution is 2.13. The van der Waals surface area contributed by atoms with Gasteiger partial charge in [-0.2, -0.15) is 0 Å². The maximum absolute atomic E-state index is 12.0. The van der Waals surface area contributed by atoms with Gasteiger partial charge in [0.05, 0.1) is 18.2 Å². The minimum atomic E-state index is -0.524. The number of hydrogen-bond acceptors (Lipinski definition) is 4. The molecule has 0 heterocycles. The number of ether oxygens (including phenoxy) is 1. The molecule has 0 aliphatic rings. The Morgan fingerprint density at radius 3 is 2.55 bits per heavy atom. The Labute approximate surface area is 120 Å². The fourth-order valence-corrected chi connectivity index (χ4v) is 2.03. The molecule has 1 aromatic carbocycles. The number of carbonyl (C=O) groups is 1. The molecule has 112 valence electrons. The minimum absolute atomic E-state index is 0.180. The third kappa shape index (κ3) is 5.72. The minimum Gasteiger partial charge on any atom is -0.457 e. The zero-order valence-corrected chi connectivity index (χ0v) is 12.1. The second kappa shape index (κ2) is 9.50. The summed E-state index contributed by atoms with van der Waals surface area (Å²) in [7, 11) is 0. The summed E-state index contributed by atoms with van der Waals surface area (Å²) < 4.78 is 5.45. The number of rotatable bonds is 9. The monoisotopic (exact) mass is 279 g/mol. The molecule has 0 bridgehead atoms. The SMILES string of the molecule is CCCCCC[C@@H](OC(=O)c1ccccc1)[C@@H](N)CO. The van der Waals surface area contributed by atoms with Crippen LogP contribution in [0.5, 0.6) is 0 Å². The van der Waals surface area contributed by atoms with Gasteiger partial charge in [-0.15, -0.1) is 0 Å². The summed E-state index contributed by atoms with van der Waals surface area (Å²) in [6.07, 6.45) is 4.63.